The van der Waals surface area contributed by atoms with Gasteiger partial charge in [0.15, 0.2) is 0 Å². The number of piperidine rings is 1. The molecular formula is C18H26FN3O4S. The third-order valence-electron chi connectivity index (χ3n) is 5.00. The summed E-state index contributed by atoms with van der Waals surface area (Å²) >= 11 is 0. The predicted octanol–water partition coefficient (Wildman–Crippen LogP) is 1.29. The Balaban J connectivity index is 1.62. The highest BCUT2D eigenvalue weighted by Gasteiger charge is 2.32. The molecule has 2 aliphatic heterocycles. The van der Waals surface area contributed by atoms with Crippen LogP contribution in [0.15, 0.2) is 23.1 Å². The summed E-state index contributed by atoms with van der Waals surface area (Å²) in [6, 6.07) is 3.70. The van der Waals surface area contributed by atoms with Gasteiger partial charge in [0, 0.05) is 32.6 Å². The Kier molecular flexibility index (Phi) is 6.46. The van der Waals surface area contributed by atoms with Crippen LogP contribution in [0, 0.1) is 18.7 Å². The lowest BCUT2D eigenvalue weighted by Crippen LogP contribution is -2.49. The van der Waals surface area contributed by atoms with Crippen LogP contribution in [0.2, 0.25) is 0 Å². The quantitative estimate of drug-likeness (QED) is 0.807. The zero-order valence-corrected chi connectivity index (χ0v) is 16.3. The molecule has 2 saturated heterocycles. The summed E-state index contributed by atoms with van der Waals surface area (Å²) in [7, 11) is -3.70. The number of hydrogen-bond acceptors (Lipinski definition) is 5. The van der Waals surface area contributed by atoms with Crippen molar-refractivity contribution in [3.63, 3.8) is 0 Å². The van der Waals surface area contributed by atoms with Crippen LogP contribution in [0.3, 0.4) is 0 Å². The molecule has 0 aromatic heterocycles. The van der Waals surface area contributed by atoms with E-state index in [2.05, 4.69) is 5.43 Å². The number of benzene rings is 1. The molecule has 2 fully saturated rings. The van der Waals surface area contributed by atoms with E-state index in [1.54, 1.807) is 6.92 Å². The summed E-state index contributed by atoms with van der Waals surface area (Å²) in [5.74, 6) is -0.586. The summed E-state index contributed by atoms with van der Waals surface area (Å²) in [6.07, 6.45) is 1.80. The van der Waals surface area contributed by atoms with Crippen molar-refractivity contribution in [2.24, 2.45) is 5.92 Å². The number of amides is 1. The van der Waals surface area contributed by atoms with Gasteiger partial charge in [0.25, 0.3) is 0 Å². The van der Waals surface area contributed by atoms with E-state index in [0.717, 1.165) is 12.5 Å². The SMILES string of the molecule is Cc1cc(F)ccc1S(=O)(=O)N1CCCC(CC(=O)NN2CCOCC2)C1. The van der Waals surface area contributed by atoms with E-state index in [4.69, 9.17) is 4.74 Å². The Morgan fingerprint density at radius 2 is 2.04 bits per heavy atom. The van der Waals surface area contributed by atoms with Gasteiger partial charge >= 0.3 is 0 Å². The summed E-state index contributed by atoms with van der Waals surface area (Å²) in [6.45, 7) is 4.80. The zero-order chi connectivity index (χ0) is 19.4. The van der Waals surface area contributed by atoms with Crippen molar-refractivity contribution in [3.05, 3.63) is 29.6 Å². The number of hydrogen-bond donors (Lipinski definition) is 1. The van der Waals surface area contributed by atoms with E-state index in [1.165, 1.54) is 16.4 Å². The topological polar surface area (TPSA) is 79.0 Å². The normalized spacial score (nSPS) is 22.5. The second-order valence-electron chi connectivity index (χ2n) is 7.12. The molecule has 1 aromatic carbocycles. The zero-order valence-electron chi connectivity index (χ0n) is 15.5. The number of halogens is 1. The molecule has 2 heterocycles. The van der Waals surface area contributed by atoms with E-state index in [-0.39, 0.29) is 23.1 Å². The maximum absolute atomic E-state index is 13.3. The van der Waals surface area contributed by atoms with Gasteiger partial charge in [-0.15, -0.1) is 0 Å². The first-order valence-corrected chi connectivity index (χ1v) is 10.7. The van der Waals surface area contributed by atoms with Crippen molar-refractivity contribution >= 4 is 15.9 Å². The molecule has 1 unspecified atom stereocenters. The summed E-state index contributed by atoms with van der Waals surface area (Å²) < 4.78 is 45.9. The number of morpholine rings is 1. The monoisotopic (exact) mass is 399 g/mol. The molecule has 0 bridgehead atoms. The van der Waals surface area contributed by atoms with Crippen LogP contribution < -0.4 is 5.43 Å². The molecule has 0 saturated carbocycles. The third kappa shape index (κ3) is 5.04. The maximum atomic E-state index is 13.3. The van der Waals surface area contributed by atoms with Crippen molar-refractivity contribution in [1.29, 1.82) is 0 Å². The number of carbonyl (C=O) groups is 1. The minimum Gasteiger partial charge on any atom is -0.379 e. The number of carbonyl (C=O) groups excluding carboxylic acids is 1. The Morgan fingerprint density at radius 3 is 2.74 bits per heavy atom. The summed E-state index contributed by atoms with van der Waals surface area (Å²) in [5.41, 5.74) is 3.26. The van der Waals surface area contributed by atoms with Gasteiger partial charge in [0.2, 0.25) is 15.9 Å². The molecule has 1 atom stereocenters. The van der Waals surface area contributed by atoms with Gasteiger partial charge in [-0.1, -0.05) is 0 Å². The third-order valence-corrected chi connectivity index (χ3v) is 7.03. The molecule has 0 aliphatic carbocycles. The number of rotatable bonds is 5. The maximum Gasteiger partial charge on any atom is 0.243 e. The van der Waals surface area contributed by atoms with Crippen molar-refractivity contribution in [2.45, 2.75) is 31.1 Å². The van der Waals surface area contributed by atoms with Gasteiger partial charge in [-0.3, -0.25) is 10.2 Å². The minimum atomic E-state index is -3.70. The number of nitrogens with zero attached hydrogens (tertiary/aromatic N) is 2. The number of nitrogens with one attached hydrogen (secondary N) is 1. The molecule has 150 valence electrons. The standard InChI is InChI=1S/C18H26FN3O4S/c1-14-11-16(19)4-5-17(14)27(24,25)22-6-2-3-15(13-22)12-18(23)20-21-7-9-26-10-8-21/h4-5,11,15H,2-3,6-10,12-13H2,1H3,(H,20,23). The molecule has 1 aromatic rings. The molecule has 3 rings (SSSR count). The van der Waals surface area contributed by atoms with Crippen LogP contribution in [0.25, 0.3) is 0 Å². The second kappa shape index (κ2) is 8.64. The van der Waals surface area contributed by atoms with Crippen LogP contribution >= 0.6 is 0 Å². The highest BCUT2D eigenvalue weighted by Crippen LogP contribution is 2.27. The fourth-order valence-corrected chi connectivity index (χ4v) is 5.37. The molecule has 7 nitrogen and oxygen atoms in total. The molecule has 9 heteroatoms. The number of aryl methyl sites for hydroxylation is 1. The number of sulfonamides is 1. The minimum absolute atomic E-state index is 0.0321. The Labute approximate surface area is 159 Å². The highest BCUT2D eigenvalue weighted by molar-refractivity contribution is 7.89. The Hall–Kier alpha value is -1.55. The van der Waals surface area contributed by atoms with E-state index in [1.807, 2.05) is 5.01 Å². The fraction of sp³-hybridized carbons (Fsp3) is 0.611. The van der Waals surface area contributed by atoms with Gasteiger partial charge in [0.05, 0.1) is 18.1 Å². The molecule has 1 N–H and O–H groups in total. The van der Waals surface area contributed by atoms with E-state index < -0.39 is 15.8 Å². The molecule has 27 heavy (non-hydrogen) atoms. The average Bonchev–Trinajstić information content (AvgIpc) is 2.62. The van der Waals surface area contributed by atoms with Crippen LogP contribution in [-0.4, -0.2) is 63.0 Å². The molecule has 0 spiro atoms. The van der Waals surface area contributed by atoms with Crippen molar-refractivity contribution in [2.75, 3.05) is 39.4 Å². The first-order chi connectivity index (χ1) is 12.9. The molecule has 0 radical (unpaired) electrons. The fourth-order valence-electron chi connectivity index (χ4n) is 3.61. The van der Waals surface area contributed by atoms with Crippen molar-refractivity contribution < 1.29 is 22.3 Å². The molecule has 1 amide bonds. The van der Waals surface area contributed by atoms with Crippen molar-refractivity contribution in [1.82, 2.24) is 14.7 Å². The lowest BCUT2D eigenvalue weighted by Gasteiger charge is -2.33. The first-order valence-electron chi connectivity index (χ1n) is 9.25. The van der Waals surface area contributed by atoms with Crippen LogP contribution in [-0.2, 0) is 19.6 Å². The van der Waals surface area contributed by atoms with Crippen LogP contribution in [0.1, 0.15) is 24.8 Å². The molecule has 2 aliphatic rings. The second-order valence-corrected chi connectivity index (χ2v) is 9.03. The lowest BCUT2D eigenvalue weighted by atomic mass is 9.96. The van der Waals surface area contributed by atoms with Gasteiger partial charge in [-0.25, -0.2) is 17.8 Å². The average molecular weight is 399 g/mol. The largest absolute Gasteiger partial charge is 0.379 e. The van der Waals surface area contributed by atoms with Gasteiger partial charge in [0.1, 0.15) is 5.82 Å². The summed E-state index contributed by atoms with van der Waals surface area (Å²) in [5, 5.41) is 1.84. The van der Waals surface area contributed by atoms with Crippen molar-refractivity contribution in [3.8, 4) is 0 Å². The smallest absolute Gasteiger partial charge is 0.243 e. The van der Waals surface area contributed by atoms with Gasteiger partial charge in [-0.2, -0.15) is 4.31 Å². The van der Waals surface area contributed by atoms with E-state index >= 15 is 0 Å². The van der Waals surface area contributed by atoms with Gasteiger partial charge < -0.3 is 4.74 Å². The predicted molar refractivity (Wildman–Crippen MR) is 97.8 cm³/mol. The Morgan fingerprint density at radius 1 is 1.30 bits per heavy atom. The van der Waals surface area contributed by atoms with Crippen LogP contribution in [0.4, 0.5) is 4.39 Å². The van der Waals surface area contributed by atoms with E-state index in [9.17, 15) is 17.6 Å². The Bertz CT molecular complexity index is 781. The number of hydrazine groups is 1. The number of ether oxygens (including phenoxy) is 1. The summed E-state index contributed by atoms with van der Waals surface area (Å²) in [4.78, 5) is 12.4. The van der Waals surface area contributed by atoms with Gasteiger partial charge in [-0.05, 0) is 49.4 Å². The van der Waals surface area contributed by atoms with E-state index in [0.29, 0.717) is 51.4 Å². The lowest BCUT2D eigenvalue weighted by molar-refractivity contribution is -0.129. The highest BCUT2D eigenvalue weighted by atomic mass is 32.2. The molecular weight excluding hydrogens is 373 g/mol. The van der Waals surface area contributed by atoms with Crippen LogP contribution in [0.5, 0.6) is 0 Å². The first kappa shape index (κ1) is 20.2.